The van der Waals surface area contributed by atoms with Crippen LogP contribution in [-0.2, 0) is 9.68 Å². The lowest BCUT2D eigenvalue weighted by Crippen LogP contribution is -2.45. The first-order valence-electron chi connectivity index (χ1n) is 7.25. The molecule has 1 saturated heterocycles. The van der Waals surface area contributed by atoms with Crippen LogP contribution >= 0.6 is 0 Å². The number of hydrogen-bond acceptors (Lipinski definition) is 6. The van der Waals surface area contributed by atoms with Gasteiger partial charge in [0.25, 0.3) is 0 Å². The van der Waals surface area contributed by atoms with Crippen LogP contribution in [0.3, 0.4) is 0 Å². The molecule has 0 bridgehead atoms. The van der Waals surface area contributed by atoms with Crippen LogP contribution in [0.25, 0.3) is 0 Å². The lowest BCUT2D eigenvalue weighted by atomic mass is 10.3. The molecule has 0 radical (unpaired) electrons. The Bertz CT molecular complexity index is 401. The molecule has 21 heavy (non-hydrogen) atoms. The van der Waals surface area contributed by atoms with E-state index < -0.39 is 0 Å². The van der Waals surface area contributed by atoms with E-state index >= 15 is 0 Å². The van der Waals surface area contributed by atoms with Gasteiger partial charge in [0.15, 0.2) is 0 Å². The molecule has 1 aliphatic heterocycles. The highest BCUT2D eigenvalue weighted by molar-refractivity contribution is 5.45. The number of likely N-dealkylation sites (N-methyl/N-ethyl adjacent to an activating group) is 1. The Labute approximate surface area is 126 Å². The second-order valence-electron chi connectivity index (χ2n) is 5.11. The van der Waals surface area contributed by atoms with Crippen LogP contribution in [0.4, 0.5) is 5.69 Å². The zero-order valence-electron chi connectivity index (χ0n) is 13.1. The molecule has 0 N–H and O–H groups in total. The van der Waals surface area contributed by atoms with Crippen LogP contribution < -0.4 is 9.96 Å². The monoisotopic (exact) mass is 295 g/mol. The molecule has 6 nitrogen and oxygen atoms in total. The van der Waals surface area contributed by atoms with E-state index in [2.05, 4.69) is 16.8 Å². The number of ether oxygens (including phenoxy) is 1. The third-order valence-electron chi connectivity index (χ3n) is 3.65. The van der Waals surface area contributed by atoms with Crippen molar-refractivity contribution >= 4 is 5.69 Å². The summed E-state index contributed by atoms with van der Waals surface area (Å²) < 4.78 is 5.78. The first-order chi connectivity index (χ1) is 10.2. The Hall–Kier alpha value is -1.34. The summed E-state index contributed by atoms with van der Waals surface area (Å²) in [5.41, 5.74) is 0.825. The molecule has 118 valence electrons. The fourth-order valence-electron chi connectivity index (χ4n) is 2.31. The zero-order valence-corrected chi connectivity index (χ0v) is 13.1. The van der Waals surface area contributed by atoms with Gasteiger partial charge in [-0.05, 0) is 31.3 Å². The molecule has 0 aromatic heterocycles. The van der Waals surface area contributed by atoms with Gasteiger partial charge in [0.05, 0.1) is 19.9 Å². The SMILES string of the molecule is CON(OC)c1ccc(OCCN2CCN(C)CC2)cc1. The Kier molecular flexibility index (Phi) is 6.25. The van der Waals surface area contributed by atoms with Gasteiger partial charge in [0, 0.05) is 32.7 Å². The van der Waals surface area contributed by atoms with Gasteiger partial charge in [-0.1, -0.05) is 0 Å². The standard InChI is InChI=1S/C15H25N3O3/c1-16-8-10-17(11-9-16)12-13-21-15-6-4-14(5-7-15)18(19-2)20-3/h4-7H,8-13H2,1-3H3. The average Bonchev–Trinajstić information content (AvgIpc) is 2.52. The Balaban J connectivity index is 1.73. The maximum atomic E-state index is 5.78. The lowest BCUT2D eigenvalue weighted by molar-refractivity contribution is -0.0433. The smallest absolute Gasteiger partial charge is 0.119 e. The van der Waals surface area contributed by atoms with Gasteiger partial charge in [0.1, 0.15) is 12.4 Å². The molecule has 0 unspecified atom stereocenters. The molecule has 0 spiro atoms. The largest absolute Gasteiger partial charge is 0.492 e. The van der Waals surface area contributed by atoms with Crippen molar-refractivity contribution < 1.29 is 14.4 Å². The quantitative estimate of drug-likeness (QED) is 0.705. The highest BCUT2D eigenvalue weighted by atomic mass is 16.9. The van der Waals surface area contributed by atoms with Crippen molar-refractivity contribution in [3.8, 4) is 5.75 Å². The molecule has 6 heteroatoms. The van der Waals surface area contributed by atoms with E-state index in [0.29, 0.717) is 6.61 Å². The number of piperazine rings is 1. The summed E-state index contributed by atoms with van der Waals surface area (Å²) in [6.07, 6.45) is 0. The van der Waals surface area contributed by atoms with E-state index in [0.717, 1.165) is 44.2 Å². The Morgan fingerprint density at radius 2 is 1.62 bits per heavy atom. The van der Waals surface area contributed by atoms with Crippen molar-refractivity contribution in [1.82, 2.24) is 9.80 Å². The second-order valence-corrected chi connectivity index (χ2v) is 5.11. The summed E-state index contributed by atoms with van der Waals surface area (Å²) in [5, 5.41) is 1.34. The maximum Gasteiger partial charge on any atom is 0.119 e. The van der Waals surface area contributed by atoms with Crippen molar-refractivity contribution in [2.24, 2.45) is 0 Å². The fourth-order valence-corrected chi connectivity index (χ4v) is 2.31. The van der Waals surface area contributed by atoms with E-state index in [9.17, 15) is 0 Å². The molecule has 0 saturated carbocycles. The van der Waals surface area contributed by atoms with Crippen molar-refractivity contribution in [2.75, 3.05) is 65.8 Å². The summed E-state index contributed by atoms with van der Waals surface area (Å²) >= 11 is 0. The van der Waals surface area contributed by atoms with Gasteiger partial charge in [-0.15, -0.1) is 5.23 Å². The molecular weight excluding hydrogens is 270 g/mol. The number of nitrogens with zero attached hydrogens (tertiary/aromatic N) is 3. The van der Waals surface area contributed by atoms with Crippen molar-refractivity contribution in [3.05, 3.63) is 24.3 Å². The number of benzene rings is 1. The van der Waals surface area contributed by atoms with Crippen LogP contribution in [0.5, 0.6) is 5.75 Å². The fraction of sp³-hybridized carbons (Fsp3) is 0.600. The molecule has 1 aliphatic rings. The molecule has 1 heterocycles. The average molecular weight is 295 g/mol. The minimum absolute atomic E-state index is 0.710. The van der Waals surface area contributed by atoms with Gasteiger partial charge in [-0.2, -0.15) is 0 Å². The van der Waals surface area contributed by atoms with Crippen LogP contribution in [0.15, 0.2) is 24.3 Å². The van der Waals surface area contributed by atoms with Crippen LogP contribution in [0, 0.1) is 0 Å². The number of anilines is 1. The van der Waals surface area contributed by atoms with E-state index in [4.69, 9.17) is 14.4 Å². The second kappa shape index (κ2) is 8.19. The third-order valence-corrected chi connectivity index (χ3v) is 3.65. The Morgan fingerprint density at radius 1 is 1.00 bits per heavy atom. The van der Waals surface area contributed by atoms with Crippen LogP contribution in [0.1, 0.15) is 0 Å². The summed E-state index contributed by atoms with van der Waals surface area (Å²) in [7, 11) is 5.28. The van der Waals surface area contributed by atoms with E-state index in [1.54, 1.807) is 14.2 Å². The van der Waals surface area contributed by atoms with Crippen LogP contribution in [-0.4, -0.2) is 70.4 Å². The molecule has 1 fully saturated rings. The lowest BCUT2D eigenvalue weighted by Gasteiger charge is -2.32. The van der Waals surface area contributed by atoms with Crippen molar-refractivity contribution in [2.45, 2.75) is 0 Å². The minimum Gasteiger partial charge on any atom is -0.492 e. The van der Waals surface area contributed by atoms with Gasteiger partial charge >= 0.3 is 0 Å². The van der Waals surface area contributed by atoms with Gasteiger partial charge in [-0.3, -0.25) is 14.6 Å². The summed E-state index contributed by atoms with van der Waals surface area (Å²) in [4.78, 5) is 14.9. The summed E-state index contributed by atoms with van der Waals surface area (Å²) in [5.74, 6) is 0.861. The molecule has 1 aromatic rings. The number of hydrogen-bond donors (Lipinski definition) is 0. The summed E-state index contributed by atoms with van der Waals surface area (Å²) in [6, 6.07) is 7.64. The highest BCUT2D eigenvalue weighted by Gasteiger charge is 2.13. The van der Waals surface area contributed by atoms with E-state index in [-0.39, 0.29) is 0 Å². The normalized spacial score (nSPS) is 16.9. The number of rotatable bonds is 7. The molecular formula is C15H25N3O3. The maximum absolute atomic E-state index is 5.78. The van der Waals surface area contributed by atoms with Gasteiger partial charge in [-0.25, -0.2) is 0 Å². The predicted molar refractivity (Wildman–Crippen MR) is 82.4 cm³/mol. The summed E-state index contributed by atoms with van der Waals surface area (Å²) in [6.45, 7) is 6.20. The topological polar surface area (TPSA) is 37.4 Å². The first kappa shape index (κ1) is 16.0. The Morgan fingerprint density at radius 3 is 2.19 bits per heavy atom. The zero-order chi connectivity index (χ0) is 15.1. The highest BCUT2D eigenvalue weighted by Crippen LogP contribution is 2.19. The van der Waals surface area contributed by atoms with E-state index in [1.165, 1.54) is 5.23 Å². The molecule has 1 aromatic carbocycles. The molecule has 0 atom stereocenters. The van der Waals surface area contributed by atoms with E-state index in [1.807, 2.05) is 24.3 Å². The first-order valence-corrected chi connectivity index (χ1v) is 7.25. The van der Waals surface area contributed by atoms with Crippen LogP contribution in [0.2, 0.25) is 0 Å². The van der Waals surface area contributed by atoms with Gasteiger partial charge < -0.3 is 9.64 Å². The van der Waals surface area contributed by atoms with Gasteiger partial charge in [0.2, 0.25) is 0 Å². The molecule has 0 amide bonds. The molecule has 0 aliphatic carbocycles. The van der Waals surface area contributed by atoms with Crippen molar-refractivity contribution in [1.29, 1.82) is 0 Å². The minimum atomic E-state index is 0.710. The third kappa shape index (κ3) is 4.86. The van der Waals surface area contributed by atoms with Crippen molar-refractivity contribution in [3.63, 3.8) is 0 Å². The predicted octanol–water partition coefficient (Wildman–Crippen LogP) is 1.24. The molecule has 2 rings (SSSR count).